The van der Waals surface area contributed by atoms with Crippen LogP contribution in [0.1, 0.15) is 26.7 Å². The van der Waals surface area contributed by atoms with Gasteiger partial charge >= 0.3 is 0 Å². The Morgan fingerprint density at radius 3 is 1.92 bits per heavy atom. The summed E-state index contributed by atoms with van der Waals surface area (Å²) in [7, 11) is 2.21. The lowest BCUT2D eigenvalue weighted by molar-refractivity contribution is 0.0148. The molecule has 2 nitrogen and oxygen atoms in total. The van der Waals surface area contributed by atoms with Gasteiger partial charge in [-0.3, -0.25) is 4.31 Å². The molecule has 0 N–H and O–H groups in total. The normalized spacial score (nSPS) is 27.7. The predicted octanol–water partition coefficient (Wildman–Crippen LogP) is 1.89. The largest absolute Gasteiger partial charge is 0.306 e. The summed E-state index contributed by atoms with van der Waals surface area (Å²) in [5, 5.41) is 0. The van der Waals surface area contributed by atoms with Crippen LogP contribution < -0.4 is 0 Å². The van der Waals surface area contributed by atoms with E-state index in [1.807, 2.05) is 13.8 Å². The van der Waals surface area contributed by atoms with Gasteiger partial charge in [-0.05, 0) is 33.0 Å². The molecule has 78 valence electrons. The van der Waals surface area contributed by atoms with Gasteiger partial charge in [-0.2, -0.15) is 0 Å². The van der Waals surface area contributed by atoms with E-state index in [2.05, 4.69) is 29.1 Å². The summed E-state index contributed by atoms with van der Waals surface area (Å²) < 4.78 is 2.13. The van der Waals surface area contributed by atoms with Crippen molar-refractivity contribution in [3.63, 3.8) is 0 Å². The molecule has 1 spiro atoms. The second-order valence-electron chi connectivity index (χ2n) is 4.13. The molecule has 0 bridgehead atoms. The predicted molar refractivity (Wildman–Crippen MR) is 61.1 cm³/mol. The highest BCUT2D eigenvalue weighted by atomic mass is 32.1. The lowest BCUT2D eigenvalue weighted by Crippen LogP contribution is -2.56. The van der Waals surface area contributed by atoms with Crippen LogP contribution in [-0.4, -0.2) is 42.4 Å². The van der Waals surface area contributed by atoms with Gasteiger partial charge in [0.15, 0.2) is 0 Å². The lowest BCUT2D eigenvalue weighted by atomic mass is 9.73. The van der Waals surface area contributed by atoms with Crippen LogP contribution in [0.2, 0.25) is 0 Å². The third kappa shape index (κ3) is 2.61. The van der Waals surface area contributed by atoms with Crippen molar-refractivity contribution in [1.82, 2.24) is 9.21 Å². The van der Waals surface area contributed by atoms with E-state index in [1.54, 1.807) is 0 Å². The van der Waals surface area contributed by atoms with Crippen molar-refractivity contribution < 1.29 is 0 Å². The fourth-order valence-electron chi connectivity index (χ4n) is 2.14. The molecule has 0 aromatic carbocycles. The molecule has 2 saturated heterocycles. The average Bonchev–Trinajstić information content (AvgIpc) is 2.11. The molecule has 2 heterocycles. The van der Waals surface area contributed by atoms with E-state index in [1.165, 1.54) is 39.0 Å². The van der Waals surface area contributed by atoms with Crippen molar-refractivity contribution in [2.75, 3.05) is 33.2 Å². The first-order chi connectivity index (χ1) is 6.20. The van der Waals surface area contributed by atoms with Crippen LogP contribution in [0.15, 0.2) is 0 Å². The van der Waals surface area contributed by atoms with Gasteiger partial charge in [0.1, 0.15) is 0 Å². The second-order valence-corrected chi connectivity index (χ2v) is 4.69. The second kappa shape index (κ2) is 4.67. The molecule has 0 aromatic rings. The van der Waals surface area contributed by atoms with Crippen LogP contribution in [0.3, 0.4) is 0 Å². The molecule has 0 aliphatic carbocycles. The Hall–Kier alpha value is 0.270. The Kier molecular flexibility index (Phi) is 4.07. The number of likely N-dealkylation sites (tertiary alicyclic amines) is 1. The monoisotopic (exact) mass is 202 g/mol. The van der Waals surface area contributed by atoms with Gasteiger partial charge in [-0.25, -0.2) is 0 Å². The summed E-state index contributed by atoms with van der Waals surface area (Å²) >= 11 is 4.31. The third-order valence-electron chi connectivity index (χ3n) is 3.08. The van der Waals surface area contributed by atoms with Crippen LogP contribution in [0.4, 0.5) is 0 Å². The van der Waals surface area contributed by atoms with E-state index in [0.717, 1.165) is 0 Å². The SMILES string of the molecule is CC.CN1CCC2(CC1)CN(S)C2. The number of piperidine rings is 1. The smallest absolute Gasteiger partial charge is 0.0157 e. The quantitative estimate of drug-likeness (QED) is 0.599. The maximum atomic E-state index is 4.31. The molecule has 0 saturated carbocycles. The molecule has 0 aromatic heterocycles. The fourth-order valence-corrected chi connectivity index (χ4v) is 2.74. The molecule has 2 fully saturated rings. The summed E-state index contributed by atoms with van der Waals surface area (Å²) in [5.74, 6) is 0. The van der Waals surface area contributed by atoms with Gasteiger partial charge in [-0.15, -0.1) is 0 Å². The topological polar surface area (TPSA) is 6.48 Å². The number of hydrogen-bond donors (Lipinski definition) is 1. The molecule has 2 aliphatic rings. The Morgan fingerprint density at radius 1 is 1.08 bits per heavy atom. The van der Waals surface area contributed by atoms with Gasteiger partial charge < -0.3 is 4.90 Å². The Bertz CT molecular complexity index is 145. The molecule has 0 radical (unpaired) electrons. The maximum Gasteiger partial charge on any atom is 0.0157 e. The molecule has 0 unspecified atom stereocenters. The highest BCUT2D eigenvalue weighted by Gasteiger charge is 2.42. The molecule has 3 heteroatoms. The first kappa shape index (κ1) is 11.3. The number of thiol groups is 1. The summed E-state index contributed by atoms with van der Waals surface area (Å²) in [6.07, 6.45) is 2.75. The van der Waals surface area contributed by atoms with Gasteiger partial charge in [0.05, 0.1) is 0 Å². The van der Waals surface area contributed by atoms with Crippen LogP contribution >= 0.6 is 12.8 Å². The van der Waals surface area contributed by atoms with Crippen molar-refractivity contribution >= 4 is 12.8 Å². The summed E-state index contributed by atoms with van der Waals surface area (Å²) in [5.41, 5.74) is 0.661. The third-order valence-corrected chi connectivity index (χ3v) is 3.37. The van der Waals surface area contributed by atoms with Gasteiger partial charge in [0, 0.05) is 18.5 Å². The van der Waals surface area contributed by atoms with Crippen molar-refractivity contribution in [1.29, 1.82) is 0 Å². The van der Waals surface area contributed by atoms with Crippen LogP contribution in [0.25, 0.3) is 0 Å². The van der Waals surface area contributed by atoms with Crippen LogP contribution in [0, 0.1) is 5.41 Å². The summed E-state index contributed by atoms with van der Waals surface area (Å²) in [6.45, 7) is 8.98. The maximum absolute atomic E-state index is 4.31. The van der Waals surface area contributed by atoms with E-state index in [4.69, 9.17) is 0 Å². The summed E-state index contributed by atoms with van der Waals surface area (Å²) in [6, 6.07) is 0. The van der Waals surface area contributed by atoms with Crippen molar-refractivity contribution in [3.8, 4) is 0 Å². The van der Waals surface area contributed by atoms with Crippen molar-refractivity contribution in [3.05, 3.63) is 0 Å². The summed E-state index contributed by atoms with van der Waals surface area (Å²) in [4.78, 5) is 2.42. The van der Waals surface area contributed by atoms with E-state index < -0.39 is 0 Å². The van der Waals surface area contributed by atoms with Crippen molar-refractivity contribution in [2.24, 2.45) is 5.41 Å². The standard InChI is InChI=1S/C8H16N2S.C2H6/c1-9-4-2-8(3-5-9)6-10(11)7-8;1-2/h11H,2-7H2,1H3;1-2H3. The minimum absolute atomic E-state index is 0.661. The van der Waals surface area contributed by atoms with Gasteiger partial charge in [-0.1, -0.05) is 26.7 Å². The Labute approximate surface area is 87.8 Å². The zero-order valence-corrected chi connectivity index (χ0v) is 9.98. The molecular formula is C10H22N2S. The van der Waals surface area contributed by atoms with E-state index in [-0.39, 0.29) is 0 Å². The first-order valence-corrected chi connectivity index (χ1v) is 5.73. The number of hydrogen-bond acceptors (Lipinski definition) is 3. The first-order valence-electron chi connectivity index (χ1n) is 5.33. The molecular weight excluding hydrogens is 180 g/mol. The molecule has 0 atom stereocenters. The highest BCUT2D eigenvalue weighted by Crippen LogP contribution is 2.40. The minimum atomic E-state index is 0.661. The van der Waals surface area contributed by atoms with E-state index in [0.29, 0.717) is 5.41 Å². The van der Waals surface area contributed by atoms with E-state index >= 15 is 0 Å². The molecule has 2 rings (SSSR count). The molecule has 0 amide bonds. The number of rotatable bonds is 0. The number of nitrogens with zero attached hydrogens (tertiary/aromatic N) is 2. The van der Waals surface area contributed by atoms with Crippen molar-refractivity contribution in [2.45, 2.75) is 26.7 Å². The van der Waals surface area contributed by atoms with Crippen LogP contribution in [0.5, 0.6) is 0 Å². The Morgan fingerprint density at radius 2 is 1.54 bits per heavy atom. The zero-order valence-electron chi connectivity index (χ0n) is 9.08. The van der Waals surface area contributed by atoms with Gasteiger partial charge in [0.2, 0.25) is 0 Å². The zero-order chi connectivity index (χ0) is 9.90. The fraction of sp³-hybridized carbons (Fsp3) is 1.00. The van der Waals surface area contributed by atoms with Gasteiger partial charge in [0.25, 0.3) is 0 Å². The minimum Gasteiger partial charge on any atom is -0.306 e. The lowest BCUT2D eigenvalue weighted by Gasteiger charge is -2.51. The van der Waals surface area contributed by atoms with Crippen LogP contribution in [-0.2, 0) is 0 Å². The highest BCUT2D eigenvalue weighted by molar-refractivity contribution is 7.77. The Balaban J connectivity index is 0.000000396. The molecule has 13 heavy (non-hydrogen) atoms. The average molecular weight is 202 g/mol. The van der Waals surface area contributed by atoms with E-state index in [9.17, 15) is 0 Å². The molecule has 2 aliphatic heterocycles.